The summed E-state index contributed by atoms with van der Waals surface area (Å²) in [6.07, 6.45) is 0. The van der Waals surface area contributed by atoms with E-state index in [1.54, 1.807) is 0 Å². The van der Waals surface area contributed by atoms with Crippen LogP contribution in [0.15, 0.2) is 42.5 Å². The second-order valence-corrected chi connectivity index (χ2v) is 5.05. The van der Waals surface area contributed by atoms with E-state index in [1.807, 2.05) is 56.3 Å². The number of carbonyl (C=O) groups is 1. The summed E-state index contributed by atoms with van der Waals surface area (Å²) in [6, 6.07) is 13.1. The zero-order valence-corrected chi connectivity index (χ0v) is 12.3. The fourth-order valence-corrected chi connectivity index (χ4v) is 2.18. The fourth-order valence-electron chi connectivity index (χ4n) is 2.18. The molecule has 0 saturated heterocycles. The molecular formula is C17H20N2O2. The maximum atomic E-state index is 11.9. The molecule has 2 rings (SSSR count). The van der Waals surface area contributed by atoms with Gasteiger partial charge in [0.15, 0.2) is 0 Å². The fraction of sp³-hybridized carbons (Fsp3) is 0.235. The Hall–Kier alpha value is -2.33. The molecule has 2 aromatic rings. The molecule has 4 nitrogen and oxygen atoms in total. The molecule has 0 aliphatic carbocycles. The number of benzene rings is 2. The third-order valence-electron chi connectivity index (χ3n) is 3.36. The highest BCUT2D eigenvalue weighted by atomic mass is 16.3. The molecule has 0 aromatic heterocycles. The molecule has 4 heteroatoms. The van der Waals surface area contributed by atoms with E-state index >= 15 is 0 Å². The SMILES string of the molecule is Cc1ccc(NC(=O)NCc2ccccc2CO)c(C)c1. The molecule has 21 heavy (non-hydrogen) atoms. The zero-order chi connectivity index (χ0) is 15.2. The number of aryl methyl sites for hydroxylation is 2. The summed E-state index contributed by atoms with van der Waals surface area (Å²) >= 11 is 0. The minimum atomic E-state index is -0.255. The van der Waals surface area contributed by atoms with E-state index in [0.29, 0.717) is 6.54 Å². The van der Waals surface area contributed by atoms with Crippen molar-refractivity contribution >= 4 is 11.7 Å². The molecule has 0 radical (unpaired) electrons. The number of rotatable bonds is 4. The van der Waals surface area contributed by atoms with E-state index in [0.717, 1.165) is 27.9 Å². The van der Waals surface area contributed by atoms with Crippen LogP contribution in [0, 0.1) is 13.8 Å². The Bertz CT molecular complexity index is 638. The van der Waals surface area contributed by atoms with Gasteiger partial charge >= 0.3 is 6.03 Å². The first-order valence-corrected chi connectivity index (χ1v) is 6.90. The van der Waals surface area contributed by atoms with E-state index in [9.17, 15) is 9.90 Å². The van der Waals surface area contributed by atoms with Gasteiger partial charge < -0.3 is 15.7 Å². The number of urea groups is 1. The molecule has 0 saturated carbocycles. The Morgan fingerprint density at radius 2 is 1.81 bits per heavy atom. The van der Waals surface area contributed by atoms with Crippen molar-refractivity contribution < 1.29 is 9.90 Å². The van der Waals surface area contributed by atoms with Crippen LogP contribution >= 0.6 is 0 Å². The molecule has 0 aliphatic rings. The summed E-state index contributed by atoms with van der Waals surface area (Å²) < 4.78 is 0. The van der Waals surface area contributed by atoms with E-state index in [2.05, 4.69) is 10.6 Å². The predicted molar refractivity (Wildman–Crippen MR) is 84.1 cm³/mol. The first-order valence-electron chi connectivity index (χ1n) is 6.90. The van der Waals surface area contributed by atoms with Gasteiger partial charge in [-0.25, -0.2) is 4.79 Å². The number of hydrogen-bond acceptors (Lipinski definition) is 2. The predicted octanol–water partition coefficient (Wildman–Crippen LogP) is 3.12. The Morgan fingerprint density at radius 1 is 1.10 bits per heavy atom. The minimum absolute atomic E-state index is 0.0312. The summed E-state index contributed by atoms with van der Waals surface area (Å²) in [6.45, 7) is 4.33. The first kappa shape index (κ1) is 15.1. The molecule has 110 valence electrons. The van der Waals surface area contributed by atoms with Crippen molar-refractivity contribution in [1.82, 2.24) is 5.32 Å². The topological polar surface area (TPSA) is 61.4 Å². The highest BCUT2D eigenvalue weighted by Gasteiger charge is 2.06. The van der Waals surface area contributed by atoms with Gasteiger partial charge in [-0.15, -0.1) is 0 Å². The van der Waals surface area contributed by atoms with Gasteiger partial charge in [-0.2, -0.15) is 0 Å². The molecule has 0 bridgehead atoms. The third-order valence-corrected chi connectivity index (χ3v) is 3.36. The van der Waals surface area contributed by atoms with Gasteiger partial charge in [0.25, 0.3) is 0 Å². The molecule has 0 spiro atoms. The van der Waals surface area contributed by atoms with Crippen LogP contribution in [0.3, 0.4) is 0 Å². The van der Waals surface area contributed by atoms with Crippen LogP contribution in [0.1, 0.15) is 22.3 Å². The Balaban J connectivity index is 1.96. The van der Waals surface area contributed by atoms with Crippen molar-refractivity contribution in [3.63, 3.8) is 0 Å². The third kappa shape index (κ3) is 4.07. The summed E-state index contributed by atoms with van der Waals surface area (Å²) in [7, 11) is 0. The summed E-state index contributed by atoms with van der Waals surface area (Å²) in [5, 5.41) is 14.9. The van der Waals surface area contributed by atoms with Gasteiger partial charge in [0.2, 0.25) is 0 Å². The van der Waals surface area contributed by atoms with E-state index in [4.69, 9.17) is 0 Å². The summed E-state index contributed by atoms with van der Waals surface area (Å²) in [5.41, 5.74) is 4.73. The molecule has 3 N–H and O–H groups in total. The maximum Gasteiger partial charge on any atom is 0.319 e. The highest BCUT2D eigenvalue weighted by molar-refractivity contribution is 5.90. The molecule has 0 atom stereocenters. The molecule has 0 unspecified atom stereocenters. The number of nitrogens with one attached hydrogen (secondary N) is 2. The zero-order valence-electron chi connectivity index (χ0n) is 12.3. The number of aliphatic hydroxyl groups is 1. The summed E-state index contributed by atoms with van der Waals surface area (Å²) in [5.74, 6) is 0. The van der Waals surface area contributed by atoms with E-state index < -0.39 is 0 Å². The largest absolute Gasteiger partial charge is 0.392 e. The highest BCUT2D eigenvalue weighted by Crippen LogP contribution is 2.16. The second kappa shape index (κ2) is 6.90. The lowest BCUT2D eigenvalue weighted by atomic mass is 10.1. The first-order chi connectivity index (χ1) is 10.1. The Morgan fingerprint density at radius 3 is 2.48 bits per heavy atom. The number of hydrogen-bond donors (Lipinski definition) is 3. The smallest absolute Gasteiger partial charge is 0.319 e. The van der Waals surface area contributed by atoms with Gasteiger partial charge in [-0.05, 0) is 36.6 Å². The van der Waals surface area contributed by atoms with Crippen LogP contribution in [0.25, 0.3) is 0 Å². The van der Waals surface area contributed by atoms with Gasteiger partial charge in [0.1, 0.15) is 0 Å². The van der Waals surface area contributed by atoms with Crippen molar-refractivity contribution in [3.05, 3.63) is 64.7 Å². The van der Waals surface area contributed by atoms with Crippen LogP contribution in [0.2, 0.25) is 0 Å². The lowest BCUT2D eigenvalue weighted by Crippen LogP contribution is -2.28. The molecule has 0 heterocycles. The molecule has 0 aliphatic heterocycles. The Kier molecular flexibility index (Phi) is 4.95. The standard InChI is InChI=1S/C17H20N2O2/c1-12-7-8-16(13(2)9-12)19-17(21)18-10-14-5-3-4-6-15(14)11-20/h3-9,20H,10-11H2,1-2H3,(H2,18,19,21). The van der Waals surface area contributed by atoms with Crippen LogP contribution < -0.4 is 10.6 Å². The van der Waals surface area contributed by atoms with Crippen molar-refractivity contribution in [2.75, 3.05) is 5.32 Å². The van der Waals surface area contributed by atoms with Gasteiger partial charge in [0, 0.05) is 12.2 Å². The van der Waals surface area contributed by atoms with Gasteiger partial charge in [-0.1, -0.05) is 42.0 Å². The van der Waals surface area contributed by atoms with Gasteiger partial charge in [-0.3, -0.25) is 0 Å². The molecule has 0 fully saturated rings. The molecular weight excluding hydrogens is 264 g/mol. The average molecular weight is 284 g/mol. The second-order valence-electron chi connectivity index (χ2n) is 5.05. The van der Waals surface area contributed by atoms with Crippen LogP contribution in [0.4, 0.5) is 10.5 Å². The number of aliphatic hydroxyl groups excluding tert-OH is 1. The summed E-state index contributed by atoms with van der Waals surface area (Å²) in [4.78, 5) is 11.9. The van der Waals surface area contributed by atoms with E-state index in [1.165, 1.54) is 0 Å². The van der Waals surface area contributed by atoms with Crippen LogP contribution in [0.5, 0.6) is 0 Å². The van der Waals surface area contributed by atoms with E-state index in [-0.39, 0.29) is 12.6 Å². The van der Waals surface area contributed by atoms with Crippen molar-refractivity contribution in [3.8, 4) is 0 Å². The number of anilines is 1. The number of amides is 2. The normalized spacial score (nSPS) is 10.2. The monoisotopic (exact) mass is 284 g/mol. The molecule has 2 aromatic carbocycles. The quantitative estimate of drug-likeness (QED) is 0.808. The van der Waals surface area contributed by atoms with Crippen molar-refractivity contribution in [2.45, 2.75) is 27.0 Å². The van der Waals surface area contributed by atoms with Crippen molar-refractivity contribution in [2.24, 2.45) is 0 Å². The average Bonchev–Trinajstić information content (AvgIpc) is 2.48. The van der Waals surface area contributed by atoms with Crippen LogP contribution in [-0.2, 0) is 13.2 Å². The Labute approximate surface area is 124 Å². The maximum absolute atomic E-state index is 11.9. The van der Waals surface area contributed by atoms with Crippen LogP contribution in [-0.4, -0.2) is 11.1 Å². The lowest BCUT2D eigenvalue weighted by molar-refractivity contribution is 0.251. The number of carbonyl (C=O) groups excluding carboxylic acids is 1. The lowest BCUT2D eigenvalue weighted by Gasteiger charge is -2.12. The van der Waals surface area contributed by atoms with Gasteiger partial charge in [0.05, 0.1) is 6.61 Å². The van der Waals surface area contributed by atoms with Crippen molar-refractivity contribution in [1.29, 1.82) is 0 Å². The minimum Gasteiger partial charge on any atom is -0.392 e. The molecule has 2 amide bonds.